The lowest BCUT2D eigenvalue weighted by Crippen LogP contribution is -2.43. The molecule has 0 saturated carbocycles. The number of carboxylic acid groups (broad SMARTS) is 1. The molecule has 0 aromatic carbocycles. The Morgan fingerprint density at radius 2 is 2.27 bits per heavy atom. The molecule has 0 spiro atoms. The number of carboxylic acids is 1. The standard InChI is InChI=1S/C15H18N2O3S2/c1-3-4-7-11(14(19)20)17-13(18)12(22-15(17)21)9-10-6-5-8-16(10)2/h5-6,8-9,11H,3-4,7H2,1-2H3,(H,19,20)/t11-/m1/s1. The second-order valence-corrected chi connectivity index (χ2v) is 6.77. The molecular weight excluding hydrogens is 320 g/mol. The molecule has 0 aliphatic carbocycles. The maximum absolute atomic E-state index is 12.5. The molecule has 1 N–H and O–H groups in total. The van der Waals surface area contributed by atoms with Crippen LogP contribution in [0.4, 0.5) is 0 Å². The molecule has 118 valence electrons. The van der Waals surface area contributed by atoms with Crippen molar-refractivity contribution in [2.45, 2.75) is 32.2 Å². The molecule has 1 amide bonds. The van der Waals surface area contributed by atoms with Crippen LogP contribution in [-0.2, 0) is 16.6 Å². The minimum Gasteiger partial charge on any atom is -0.480 e. The predicted octanol–water partition coefficient (Wildman–Crippen LogP) is 2.87. The van der Waals surface area contributed by atoms with E-state index in [4.69, 9.17) is 12.2 Å². The maximum atomic E-state index is 12.5. The first-order valence-electron chi connectivity index (χ1n) is 7.07. The van der Waals surface area contributed by atoms with E-state index in [-0.39, 0.29) is 5.91 Å². The number of thiocarbonyl (C=S) groups is 1. The average molecular weight is 338 g/mol. The third-order valence-electron chi connectivity index (χ3n) is 3.51. The smallest absolute Gasteiger partial charge is 0.326 e. The second-order valence-electron chi connectivity index (χ2n) is 5.09. The number of carbonyl (C=O) groups excluding carboxylic acids is 1. The summed E-state index contributed by atoms with van der Waals surface area (Å²) in [5, 5.41) is 9.40. The molecule has 1 aliphatic rings. The van der Waals surface area contributed by atoms with E-state index < -0.39 is 12.0 Å². The van der Waals surface area contributed by atoms with Gasteiger partial charge in [-0.3, -0.25) is 9.69 Å². The molecule has 0 radical (unpaired) electrons. The minimum atomic E-state index is -1.01. The van der Waals surface area contributed by atoms with Gasteiger partial charge in [0, 0.05) is 18.9 Å². The molecule has 2 rings (SSSR count). The highest BCUT2D eigenvalue weighted by Crippen LogP contribution is 2.35. The van der Waals surface area contributed by atoms with Gasteiger partial charge in [0.05, 0.1) is 4.91 Å². The fourth-order valence-corrected chi connectivity index (χ4v) is 3.61. The van der Waals surface area contributed by atoms with Crippen LogP contribution < -0.4 is 0 Å². The molecule has 7 heteroatoms. The summed E-state index contributed by atoms with van der Waals surface area (Å²) in [5.41, 5.74) is 0.876. The Morgan fingerprint density at radius 1 is 1.55 bits per heavy atom. The van der Waals surface area contributed by atoms with Gasteiger partial charge in [-0.2, -0.15) is 0 Å². The molecule has 5 nitrogen and oxygen atoms in total. The number of aromatic nitrogens is 1. The van der Waals surface area contributed by atoms with Crippen molar-refractivity contribution in [2.75, 3.05) is 0 Å². The first-order chi connectivity index (χ1) is 10.5. The van der Waals surface area contributed by atoms with Crippen LogP contribution in [0.3, 0.4) is 0 Å². The number of carbonyl (C=O) groups is 2. The van der Waals surface area contributed by atoms with Crippen LogP contribution in [-0.4, -0.2) is 36.8 Å². The number of aryl methyl sites for hydroxylation is 1. The summed E-state index contributed by atoms with van der Waals surface area (Å²) in [4.78, 5) is 25.7. The van der Waals surface area contributed by atoms with Crippen LogP contribution in [0, 0.1) is 0 Å². The van der Waals surface area contributed by atoms with E-state index in [1.54, 1.807) is 6.08 Å². The summed E-state index contributed by atoms with van der Waals surface area (Å²) >= 11 is 6.39. The Balaban J connectivity index is 2.26. The molecule has 1 saturated heterocycles. The van der Waals surface area contributed by atoms with Crippen LogP contribution in [0.5, 0.6) is 0 Å². The number of thioether (sulfide) groups is 1. The van der Waals surface area contributed by atoms with Gasteiger partial charge in [-0.05, 0) is 24.6 Å². The van der Waals surface area contributed by atoms with E-state index in [0.29, 0.717) is 15.6 Å². The Labute approximate surface area is 139 Å². The average Bonchev–Trinajstić information content (AvgIpc) is 2.97. The van der Waals surface area contributed by atoms with Gasteiger partial charge < -0.3 is 9.67 Å². The normalized spacial score (nSPS) is 18.3. The van der Waals surface area contributed by atoms with Gasteiger partial charge >= 0.3 is 5.97 Å². The van der Waals surface area contributed by atoms with Crippen LogP contribution in [0.2, 0.25) is 0 Å². The number of hydrogen-bond donors (Lipinski definition) is 1. The van der Waals surface area contributed by atoms with Crippen LogP contribution in [0.25, 0.3) is 6.08 Å². The lowest BCUT2D eigenvalue weighted by molar-refractivity contribution is -0.145. The highest BCUT2D eigenvalue weighted by Gasteiger charge is 2.40. The van der Waals surface area contributed by atoms with E-state index in [1.165, 1.54) is 4.90 Å². The van der Waals surface area contributed by atoms with Crippen molar-refractivity contribution < 1.29 is 14.7 Å². The van der Waals surface area contributed by atoms with E-state index in [2.05, 4.69) is 0 Å². The van der Waals surface area contributed by atoms with Crippen LogP contribution in [0.1, 0.15) is 31.9 Å². The van der Waals surface area contributed by atoms with Gasteiger partial charge in [-0.1, -0.05) is 43.7 Å². The van der Waals surface area contributed by atoms with E-state index >= 15 is 0 Å². The number of rotatable bonds is 6. The van der Waals surface area contributed by atoms with E-state index in [0.717, 1.165) is 30.3 Å². The van der Waals surface area contributed by atoms with Gasteiger partial charge in [-0.15, -0.1) is 0 Å². The third kappa shape index (κ3) is 3.41. The fraction of sp³-hybridized carbons (Fsp3) is 0.400. The maximum Gasteiger partial charge on any atom is 0.326 e. The highest BCUT2D eigenvalue weighted by molar-refractivity contribution is 8.26. The monoisotopic (exact) mass is 338 g/mol. The minimum absolute atomic E-state index is 0.314. The zero-order chi connectivity index (χ0) is 16.3. The number of aliphatic carboxylic acids is 1. The molecule has 1 aromatic heterocycles. The van der Waals surface area contributed by atoms with Gasteiger partial charge in [-0.25, -0.2) is 4.79 Å². The largest absolute Gasteiger partial charge is 0.480 e. The Kier molecular flexibility index (Phi) is 5.42. The van der Waals surface area contributed by atoms with Gasteiger partial charge in [0.25, 0.3) is 5.91 Å². The third-order valence-corrected chi connectivity index (χ3v) is 4.84. The molecule has 0 unspecified atom stereocenters. The molecule has 0 bridgehead atoms. The first-order valence-corrected chi connectivity index (χ1v) is 8.29. The molecule has 1 aliphatic heterocycles. The van der Waals surface area contributed by atoms with Gasteiger partial charge in [0.1, 0.15) is 10.4 Å². The van der Waals surface area contributed by atoms with Crippen LogP contribution >= 0.6 is 24.0 Å². The zero-order valence-electron chi connectivity index (χ0n) is 12.5. The van der Waals surface area contributed by atoms with Crippen molar-refractivity contribution in [1.82, 2.24) is 9.47 Å². The van der Waals surface area contributed by atoms with Crippen molar-refractivity contribution in [3.05, 3.63) is 28.9 Å². The summed E-state index contributed by atoms with van der Waals surface area (Å²) in [6.07, 6.45) is 5.66. The van der Waals surface area contributed by atoms with Crippen molar-refractivity contribution in [2.24, 2.45) is 7.05 Å². The summed E-state index contributed by atoms with van der Waals surface area (Å²) in [6, 6.07) is 2.89. The lowest BCUT2D eigenvalue weighted by atomic mass is 10.1. The van der Waals surface area contributed by atoms with Crippen LogP contribution in [0.15, 0.2) is 23.2 Å². The highest BCUT2D eigenvalue weighted by atomic mass is 32.2. The number of hydrogen-bond acceptors (Lipinski definition) is 4. The fourth-order valence-electron chi connectivity index (χ4n) is 2.27. The number of unbranched alkanes of at least 4 members (excludes halogenated alkanes) is 1. The molecular formula is C15H18N2O3S2. The topological polar surface area (TPSA) is 62.5 Å². The van der Waals surface area contributed by atoms with Crippen molar-refractivity contribution in [3.63, 3.8) is 0 Å². The second kappa shape index (κ2) is 7.11. The molecule has 1 atom stereocenters. The Hall–Kier alpha value is -1.60. The van der Waals surface area contributed by atoms with Crippen molar-refractivity contribution in [3.8, 4) is 0 Å². The number of nitrogens with zero attached hydrogens (tertiary/aromatic N) is 2. The van der Waals surface area contributed by atoms with Gasteiger partial charge in [0.2, 0.25) is 0 Å². The lowest BCUT2D eigenvalue weighted by Gasteiger charge is -2.22. The SMILES string of the molecule is CCCC[C@H](C(=O)O)N1C(=O)C(=Cc2cccn2C)SC1=S. The first kappa shape index (κ1) is 16.8. The van der Waals surface area contributed by atoms with Crippen molar-refractivity contribution >= 4 is 46.3 Å². The molecule has 2 heterocycles. The number of amides is 1. The Bertz CT molecular complexity index is 636. The zero-order valence-corrected chi connectivity index (χ0v) is 14.1. The summed E-state index contributed by atoms with van der Waals surface area (Å²) < 4.78 is 2.20. The Morgan fingerprint density at radius 3 is 2.82 bits per heavy atom. The summed E-state index contributed by atoms with van der Waals surface area (Å²) in [6.45, 7) is 1.98. The molecule has 1 aromatic rings. The molecule has 22 heavy (non-hydrogen) atoms. The van der Waals surface area contributed by atoms with Gasteiger partial charge in [0.15, 0.2) is 0 Å². The van der Waals surface area contributed by atoms with Crippen molar-refractivity contribution in [1.29, 1.82) is 0 Å². The van der Waals surface area contributed by atoms with E-state index in [9.17, 15) is 14.7 Å². The summed E-state index contributed by atoms with van der Waals surface area (Å²) in [7, 11) is 1.88. The summed E-state index contributed by atoms with van der Waals surface area (Å²) in [5.74, 6) is -1.33. The molecule has 1 fully saturated rings. The van der Waals surface area contributed by atoms with E-state index in [1.807, 2.05) is 36.9 Å². The predicted molar refractivity (Wildman–Crippen MR) is 91.4 cm³/mol. The quantitative estimate of drug-likeness (QED) is 0.638.